The molecule has 90 valence electrons. The van der Waals surface area contributed by atoms with Crippen LogP contribution in [-0.2, 0) is 13.0 Å². The predicted molar refractivity (Wildman–Crippen MR) is 71.5 cm³/mol. The molecule has 3 nitrogen and oxygen atoms in total. The average Bonchev–Trinajstić information content (AvgIpc) is 2.80. The largest absolute Gasteiger partial charge is 0.508 e. The van der Waals surface area contributed by atoms with Crippen molar-refractivity contribution >= 4 is 10.9 Å². The van der Waals surface area contributed by atoms with Gasteiger partial charge in [-0.25, -0.2) is 0 Å². The summed E-state index contributed by atoms with van der Waals surface area (Å²) in [5.41, 5.74) is 2.27. The van der Waals surface area contributed by atoms with Gasteiger partial charge in [-0.05, 0) is 24.1 Å². The minimum absolute atomic E-state index is 0.281. The summed E-state index contributed by atoms with van der Waals surface area (Å²) in [6.45, 7) is 0.816. The van der Waals surface area contributed by atoms with E-state index >= 15 is 0 Å². The number of rotatable bonds is 3. The zero-order valence-electron chi connectivity index (χ0n) is 9.95. The second kappa shape index (κ2) is 4.53. The Morgan fingerprint density at radius 2 is 1.89 bits per heavy atom. The number of nitrogens with zero attached hydrogens (tertiary/aromatic N) is 2. The van der Waals surface area contributed by atoms with Gasteiger partial charge in [-0.1, -0.05) is 30.3 Å². The minimum atomic E-state index is 0.281. The molecule has 1 heterocycles. The van der Waals surface area contributed by atoms with Crippen molar-refractivity contribution in [3.63, 3.8) is 0 Å². The van der Waals surface area contributed by atoms with E-state index in [1.54, 1.807) is 12.1 Å². The van der Waals surface area contributed by atoms with Gasteiger partial charge < -0.3 is 5.11 Å². The molecule has 0 radical (unpaired) electrons. The molecule has 0 aliphatic rings. The fourth-order valence-electron chi connectivity index (χ4n) is 2.12. The Morgan fingerprint density at radius 1 is 1.06 bits per heavy atom. The van der Waals surface area contributed by atoms with Gasteiger partial charge in [0.25, 0.3) is 0 Å². The van der Waals surface area contributed by atoms with Gasteiger partial charge in [0, 0.05) is 18.0 Å². The number of aromatic hydroxyl groups is 1. The van der Waals surface area contributed by atoms with Crippen molar-refractivity contribution in [3.05, 3.63) is 60.3 Å². The highest BCUT2D eigenvalue weighted by Crippen LogP contribution is 2.19. The third kappa shape index (κ3) is 2.07. The molecule has 0 atom stereocenters. The van der Waals surface area contributed by atoms with Crippen LogP contribution in [0.15, 0.2) is 54.7 Å². The predicted octanol–water partition coefficient (Wildman–Crippen LogP) is 2.98. The zero-order valence-corrected chi connectivity index (χ0v) is 9.95. The van der Waals surface area contributed by atoms with Crippen LogP contribution in [0.1, 0.15) is 5.56 Å². The first-order valence-electron chi connectivity index (χ1n) is 6.01. The topological polar surface area (TPSA) is 38.1 Å². The SMILES string of the molecule is Oc1ccc2cnn(CCc3ccccc3)c2c1. The fourth-order valence-corrected chi connectivity index (χ4v) is 2.12. The molecule has 0 fully saturated rings. The molecular weight excluding hydrogens is 224 g/mol. The second-order valence-corrected chi connectivity index (χ2v) is 4.35. The first kappa shape index (κ1) is 10.8. The van der Waals surface area contributed by atoms with Gasteiger partial charge >= 0.3 is 0 Å². The summed E-state index contributed by atoms with van der Waals surface area (Å²) in [6, 6.07) is 15.7. The molecule has 0 aliphatic carbocycles. The van der Waals surface area contributed by atoms with E-state index in [1.165, 1.54) is 5.56 Å². The lowest BCUT2D eigenvalue weighted by Gasteiger charge is -2.04. The lowest BCUT2D eigenvalue weighted by Crippen LogP contribution is -2.02. The average molecular weight is 238 g/mol. The van der Waals surface area contributed by atoms with E-state index in [4.69, 9.17) is 0 Å². The van der Waals surface area contributed by atoms with Crippen molar-refractivity contribution in [1.29, 1.82) is 0 Å². The van der Waals surface area contributed by atoms with Crippen LogP contribution in [-0.4, -0.2) is 14.9 Å². The van der Waals surface area contributed by atoms with Gasteiger partial charge in [-0.15, -0.1) is 0 Å². The normalized spacial score (nSPS) is 10.9. The van der Waals surface area contributed by atoms with E-state index in [1.807, 2.05) is 35.1 Å². The summed E-state index contributed by atoms with van der Waals surface area (Å²) < 4.78 is 1.93. The van der Waals surface area contributed by atoms with Crippen LogP contribution >= 0.6 is 0 Å². The van der Waals surface area contributed by atoms with Crippen molar-refractivity contribution in [2.45, 2.75) is 13.0 Å². The van der Waals surface area contributed by atoms with Gasteiger partial charge in [0.2, 0.25) is 0 Å². The molecule has 0 bridgehead atoms. The number of aromatic nitrogens is 2. The van der Waals surface area contributed by atoms with Crippen LogP contribution in [0.25, 0.3) is 10.9 Å². The van der Waals surface area contributed by atoms with Crippen LogP contribution in [0.2, 0.25) is 0 Å². The highest BCUT2D eigenvalue weighted by molar-refractivity contribution is 5.79. The van der Waals surface area contributed by atoms with Crippen LogP contribution in [0.5, 0.6) is 5.75 Å². The molecule has 0 unspecified atom stereocenters. The third-order valence-corrected chi connectivity index (χ3v) is 3.08. The van der Waals surface area contributed by atoms with Crippen LogP contribution in [0, 0.1) is 0 Å². The summed E-state index contributed by atoms with van der Waals surface area (Å²) in [4.78, 5) is 0. The van der Waals surface area contributed by atoms with E-state index in [-0.39, 0.29) is 5.75 Å². The molecule has 1 aromatic heterocycles. The Kier molecular flexibility index (Phi) is 2.73. The number of fused-ring (bicyclic) bond motifs is 1. The molecule has 0 saturated carbocycles. The minimum Gasteiger partial charge on any atom is -0.508 e. The lowest BCUT2D eigenvalue weighted by molar-refractivity contribution is 0.475. The maximum atomic E-state index is 9.52. The van der Waals surface area contributed by atoms with Gasteiger partial charge in [-0.2, -0.15) is 5.10 Å². The van der Waals surface area contributed by atoms with Crippen LogP contribution < -0.4 is 0 Å². The van der Waals surface area contributed by atoms with E-state index < -0.39 is 0 Å². The summed E-state index contributed by atoms with van der Waals surface area (Å²) in [7, 11) is 0. The quantitative estimate of drug-likeness (QED) is 0.761. The summed E-state index contributed by atoms with van der Waals surface area (Å²) in [5, 5.41) is 14.9. The van der Waals surface area contributed by atoms with Crippen molar-refractivity contribution in [1.82, 2.24) is 9.78 Å². The maximum absolute atomic E-state index is 9.52. The smallest absolute Gasteiger partial charge is 0.117 e. The number of phenols is 1. The standard InChI is InChI=1S/C15H14N2O/c18-14-7-6-13-11-16-17(15(13)10-14)9-8-12-4-2-1-3-5-12/h1-7,10-11,18H,8-9H2. The Balaban J connectivity index is 1.85. The Morgan fingerprint density at radius 3 is 2.72 bits per heavy atom. The van der Waals surface area contributed by atoms with Crippen LogP contribution in [0.3, 0.4) is 0 Å². The van der Waals surface area contributed by atoms with Gasteiger partial charge in [0.15, 0.2) is 0 Å². The molecule has 0 spiro atoms. The van der Waals surface area contributed by atoms with Gasteiger partial charge in [-0.3, -0.25) is 4.68 Å². The zero-order chi connectivity index (χ0) is 12.4. The molecule has 3 rings (SSSR count). The first-order chi connectivity index (χ1) is 8.83. The van der Waals surface area contributed by atoms with E-state index in [2.05, 4.69) is 17.2 Å². The van der Waals surface area contributed by atoms with E-state index in [0.29, 0.717) is 0 Å². The number of benzene rings is 2. The van der Waals surface area contributed by atoms with Crippen molar-refractivity contribution in [2.24, 2.45) is 0 Å². The molecule has 3 aromatic rings. The first-order valence-corrected chi connectivity index (χ1v) is 6.01. The molecule has 1 N–H and O–H groups in total. The Bertz CT molecular complexity index is 659. The number of hydrogen-bond acceptors (Lipinski definition) is 2. The summed E-state index contributed by atoms with van der Waals surface area (Å²) >= 11 is 0. The molecule has 3 heteroatoms. The number of aryl methyl sites for hydroxylation is 2. The molecular formula is C15H14N2O. The molecule has 2 aromatic carbocycles. The lowest BCUT2D eigenvalue weighted by atomic mass is 10.1. The van der Waals surface area contributed by atoms with Crippen molar-refractivity contribution < 1.29 is 5.11 Å². The van der Waals surface area contributed by atoms with E-state index in [0.717, 1.165) is 23.9 Å². The van der Waals surface area contributed by atoms with Gasteiger partial charge in [0.05, 0.1) is 11.7 Å². The second-order valence-electron chi connectivity index (χ2n) is 4.35. The Hall–Kier alpha value is -2.29. The highest BCUT2D eigenvalue weighted by Gasteiger charge is 2.03. The summed E-state index contributed by atoms with van der Waals surface area (Å²) in [6.07, 6.45) is 2.77. The monoisotopic (exact) mass is 238 g/mol. The molecule has 0 aliphatic heterocycles. The molecule has 0 saturated heterocycles. The summed E-state index contributed by atoms with van der Waals surface area (Å²) in [5.74, 6) is 0.281. The van der Waals surface area contributed by atoms with Crippen molar-refractivity contribution in [2.75, 3.05) is 0 Å². The Labute approximate surface area is 105 Å². The number of hydrogen-bond donors (Lipinski definition) is 1. The maximum Gasteiger partial charge on any atom is 0.117 e. The molecule has 18 heavy (non-hydrogen) atoms. The van der Waals surface area contributed by atoms with Gasteiger partial charge in [0.1, 0.15) is 5.75 Å². The number of phenolic OH excluding ortho intramolecular Hbond substituents is 1. The van der Waals surface area contributed by atoms with Crippen LogP contribution in [0.4, 0.5) is 0 Å². The van der Waals surface area contributed by atoms with Crippen molar-refractivity contribution in [3.8, 4) is 5.75 Å². The van der Waals surface area contributed by atoms with E-state index in [9.17, 15) is 5.11 Å². The highest BCUT2D eigenvalue weighted by atomic mass is 16.3. The third-order valence-electron chi connectivity index (χ3n) is 3.08. The molecule has 0 amide bonds. The fraction of sp³-hybridized carbons (Fsp3) is 0.133.